The number of nitrogens with two attached hydrogens (primary N) is 1. The lowest BCUT2D eigenvalue weighted by molar-refractivity contribution is -0.152. The van der Waals surface area contributed by atoms with Gasteiger partial charge in [0, 0.05) is 25.3 Å². The second-order valence-electron chi connectivity index (χ2n) is 10.3. The zero-order chi connectivity index (χ0) is 31.0. The quantitative estimate of drug-likeness (QED) is 0.100. The number of hydrogen-bond donors (Lipinski definition) is 5. The number of hydrogen-bond acceptors (Lipinski definition) is 7. The molecule has 1 fully saturated rings. The third-order valence-electron chi connectivity index (χ3n) is 7.18. The molecule has 1 heterocycles. The van der Waals surface area contributed by atoms with Crippen LogP contribution in [0.1, 0.15) is 25.3 Å². The molecule has 13 heteroatoms. The SMILES string of the molecule is CCOC(=O)C(=O)Nc1ccc(C[C@@H](NS(=O)(=O)c2ccc3ccccc3c2)C(=O)NC[C@@H]2CCCN(C(=N)N)C2)cc1. The van der Waals surface area contributed by atoms with Crippen molar-refractivity contribution in [1.29, 1.82) is 5.41 Å². The summed E-state index contributed by atoms with van der Waals surface area (Å²) in [6, 6.07) is 17.4. The van der Waals surface area contributed by atoms with E-state index < -0.39 is 33.8 Å². The molecule has 0 radical (unpaired) electrons. The number of nitrogens with one attached hydrogen (secondary N) is 4. The van der Waals surface area contributed by atoms with Crippen LogP contribution in [-0.4, -0.2) is 69.3 Å². The van der Waals surface area contributed by atoms with E-state index in [-0.39, 0.29) is 29.8 Å². The molecule has 6 N–H and O–H groups in total. The first-order valence-electron chi connectivity index (χ1n) is 14.0. The minimum absolute atomic E-state index is 0.0149. The summed E-state index contributed by atoms with van der Waals surface area (Å²) in [5.74, 6) is -2.37. The minimum atomic E-state index is -4.09. The Bertz CT molecular complexity index is 1590. The lowest BCUT2D eigenvalue weighted by Gasteiger charge is -2.33. The van der Waals surface area contributed by atoms with Crippen LogP contribution in [0.25, 0.3) is 10.8 Å². The summed E-state index contributed by atoms with van der Waals surface area (Å²) >= 11 is 0. The monoisotopic (exact) mass is 608 g/mol. The number of amides is 2. The highest BCUT2D eigenvalue weighted by Crippen LogP contribution is 2.20. The van der Waals surface area contributed by atoms with Gasteiger partial charge in [-0.25, -0.2) is 13.2 Å². The number of rotatable bonds is 10. The van der Waals surface area contributed by atoms with E-state index in [1.54, 1.807) is 48.2 Å². The van der Waals surface area contributed by atoms with Gasteiger partial charge in [-0.2, -0.15) is 4.72 Å². The van der Waals surface area contributed by atoms with Crippen molar-refractivity contribution in [2.24, 2.45) is 11.7 Å². The van der Waals surface area contributed by atoms with E-state index in [1.807, 2.05) is 24.3 Å². The van der Waals surface area contributed by atoms with E-state index in [1.165, 1.54) is 6.07 Å². The zero-order valence-electron chi connectivity index (χ0n) is 23.8. The zero-order valence-corrected chi connectivity index (χ0v) is 24.7. The first-order chi connectivity index (χ1) is 20.6. The lowest BCUT2D eigenvalue weighted by atomic mass is 9.98. The molecule has 0 aromatic heterocycles. The average Bonchev–Trinajstić information content (AvgIpc) is 3.00. The van der Waals surface area contributed by atoms with E-state index in [9.17, 15) is 22.8 Å². The Morgan fingerprint density at radius 3 is 2.49 bits per heavy atom. The molecular formula is C30H36N6O6S. The number of guanidine groups is 1. The highest BCUT2D eigenvalue weighted by Gasteiger charge is 2.28. The summed E-state index contributed by atoms with van der Waals surface area (Å²) in [6.45, 7) is 3.18. The van der Waals surface area contributed by atoms with Crippen molar-refractivity contribution in [3.63, 3.8) is 0 Å². The normalized spacial score (nSPS) is 15.8. The third-order valence-corrected chi connectivity index (χ3v) is 8.65. The van der Waals surface area contributed by atoms with E-state index in [2.05, 4.69) is 20.1 Å². The summed E-state index contributed by atoms with van der Waals surface area (Å²) in [7, 11) is -4.09. The Morgan fingerprint density at radius 1 is 1.07 bits per heavy atom. The molecule has 12 nitrogen and oxygen atoms in total. The molecule has 1 saturated heterocycles. The van der Waals surface area contributed by atoms with E-state index in [0.717, 1.165) is 23.6 Å². The molecule has 0 spiro atoms. The van der Waals surface area contributed by atoms with Crippen molar-refractivity contribution in [2.75, 3.05) is 31.6 Å². The van der Waals surface area contributed by atoms with Crippen molar-refractivity contribution >= 4 is 50.2 Å². The molecule has 2 atom stereocenters. The second kappa shape index (κ2) is 14.1. The number of likely N-dealkylation sites (tertiary alicyclic amines) is 1. The first kappa shape index (κ1) is 31.4. The Kier molecular flexibility index (Phi) is 10.3. The average molecular weight is 609 g/mol. The maximum Gasteiger partial charge on any atom is 0.397 e. The fraction of sp³-hybridized carbons (Fsp3) is 0.333. The van der Waals surface area contributed by atoms with E-state index in [0.29, 0.717) is 30.9 Å². The van der Waals surface area contributed by atoms with Gasteiger partial charge >= 0.3 is 11.9 Å². The highest BCUT2D eigenvalue weighted by atomic mass is 32.2. The van der Waals surface area contributed by atoms with Crippen LogP contribution in [0.2, 0.25) is 0 Å². The van der Waals surface area contributed by atoms with Gasteiger partial charge in [0.25, 0.3) is 0 Å². The summed E-state index contributed by atoms with van der Waals surface area (Å²) in [4.78, 5) is 38.8. The molecule has 3 aromatic carbocycles. The summed E-state index contributed by atoms with van der Waals surface area (Å²) < 4.78 is 34.2. The van der Waals surface area contributed by atoms with Crippen LogP contribution in [0.4, 0.5) is 5.69 Å². The van der Waals surface area contributed by atoms with Crippen molar-refractivity contribution in [3.05, 3.63) is 72.3 Å². The van der Waals surface area contributed by atoms with Crippen LogP contribution < -0.4 is 21.1 Å². The predicted molar refractivity (Wildman–Crippen MR) is 163 cm³/mol. The number of anilines is 1. The molecule has 228 valence electrons. The number of ether oxygens (including phenoxy) is 1. The standard InChI is InChI=1S/C30H36N6O6S/c1-2-42-29(39)28(38)34-24-12-9-20(10-13-24)16-26(27(37)33-18-21-6-5-15-36(19-21)30(31)32)35-43(40,41)25-14-11-22-7-3-4-8-23(22)17-25/h3-4,7-14,17,21,26,35H,2,5-6,15-16,18-19H2,1H3,(H3,31,32)(H,33,37)(H,34,38)/t21-,26+/m0/s1. The van der Waals surface area contributed by atoms with Crippen molar-refractivity contribution < 1.29 is 27.5 Å². The van der Waals surface area contributed by atoms with Gasteiger partial charge in [0.15, 0.2) is 5.96 Å². The fourth-order valence-corrected chi connectivity index (χ4v) is 6.17. The fourth-order valence-electron chi connectivity index (χ4n) is 4.94. The van der Waals surface area contributed by atoms with Crippen LogP contribution in [0.3, 0.4) is 0 Å². The Labute approximate surface area is 250 Å². The van der Waals surface area contributed by atoms with Gasteiger partial charge in [-0.15, -0.1) is 0 Å². The van der Waals surface area contributed by atoms with Gasteiger partial charge in [-0.1, -0.05) is 42.5 Å². The second-order valence-corrected chi connectivity index (χ2v) is 12.1. The summed E-state index contributed by atoms with van der Waals surface area (Å²) in [5.41, 5.74) is 6.60. The molecule has 43 heavy (non-hydrogen) atoms. The van der Waals surface area contributed by atoms with Crippen molar-refractivity contribution in [2.45, 2.75) is 37.1 Å². The molecular weight excluding hydrogens is 572 g/mol. The van der Waals surface area contributed by atoms with E-state index in [4.69, 9.17) is 11.1 Å². The van der Waals surface area contributed by atoms with E-state index >= 15 is 0 Å². The molecule has 1 aliphatic heterocycles. The van der Waals surface area contributed by atoms with Crippen molar-refractivity contribution in [1.82, 2.24) is 14.9 Å². The lowest BCUT2D eigenvalue weighted by Crippen LogP contribution is -2.51. The molecule has 3 aromatic rings. The Hall–Kier alpha value is -4.49. The first-order valence-corrected chi connectivity index (χ1v) is 15.5. The smallest absolute Gasteiger partial charge is 0.397 e. The third kappa shape index (κ3) is 8.52. The molecule has 0 unspecified atom stereocenters. The van der Waals surface area contributed by atoms with Crippen LogP contribution in [-0.2, 0) is 35.6 Å². The summed E-state index contributed by atoms with van der Waals surface area (Å²) in [5, 5.41) is 14.7. The maximum atomic E-state index is 13.5. The van der Waals surface area contributed by atoms with Gasteiger partial charge in [0.1, 0.15) is 6.04 Å². The Balaban J connectivity index is 1.50. The van der Waals surface area contributed by atoms with Crippen LogP contribution >= 0.6 is 0 Å². The van der Waals surface area contributed by atoms with Crippen molar-refractivity contribution in [3.8, 4) is 0 Å². The van der Waals surface area contributed by atoms with Crippen LogP contribution in [0, 0.1) is 11.3 Å². The molecule has 4 rings (SSSR count). The molecule has 2 amide bonds. The number of nitrogens with zero attached hydrogens (tertiary/aromatic N) is 1. The number of sulfonamides is 1. The molecule has 0 aliphatic carbocycles. The number of esters is 1. The number of carbonyl (C=O) groups excluding carboxylic acids is 3. The Morgan fingerprint density at radius 2 is 1.79 bits per heavy atom. The maximum absolute atomic E-state index is 13.5. The predicted octanol–water partition coefficient (Wildman–Crippen LogP) is 1.95. The van der Waals surface area contributed by atoms with Gasteiger partial charge in [-0.05, 0) is 72.7 Å². The highest BCUT2D eigenvalue weighted by molar-refractivity contribution is 7.89. The van der Waals surface area contributed by atoms with Gasteiger partial charge in [0.2, 0.25) is 15.9 Å². The molecule has 0 bridgehead atoms. The topological polar surface area (TPSA) is 184 Å². The largest absolute Gasteiger partial charge is 0.459 e. The van der Waals surface area contributed by atoms with Gasteiger partial charge in [0.05, 0.1) is 11.5 Å². The number of fused-ring (bicyclic) bond motifs is 1. The molecule has 1 aliphatic rings. The number of carbonyl (C=O) groups is 3. The number of piperidine rings is 1. The van der Waals surface area contributed by atoms with Gasteiger partial charge in [-0.3, -0.25) is 15.0 Å². The summed E-state index contributed by atoms with van der Waals surface area (Å²) in [6.07, 6.45) is 1.70. The van der Waals surface area contributed by atoms with Gasteiger partial charge < -0.3 is 26.0 Å². The van der Waals surface area contributed by atoms with Crippen LogP contribution in [0.15, 0.2) is 71.6 Å². The molecule has 0 saturated carbocycles. The van der Waals surface area contributed by atoms with Crippen LogP contribution in [0.5, 0.6) is 0 Å². The number of benzene rings is 3. The minimum Gasteiger partial charge on any atom is -0.459 e.